The van der Waals surface area contributed by atoms with Gasteiger partial charge in [0.2, 0.25) is 5.91 Å². The number of halogens is 2. The highest BCUT2D eigenvalue weighted by Gasteiger charge is 2.30. The van der Waals surface area contributed by atoms with Crippen LogP contribution in [0.4, 0.5) is 0 Å². The van der Waals surface area contributed by atoms with Gasteiger partial charge in [-0.15, -0.1) is 12.4 Å². The highest BCUT2D eigenvalue weighted by atomic mass is 79.9. The third-order valence-electron chi connectivity index (χ3n) is 3.70. The Labute approximate surface area is 157 Å². The number of carbonyl (C=O) groups is 1. The second-order valence-corrected chi connectivity index (χ2v) is 6.56. The van der Waals surface area contributed by atoms with Gasteiger partial charge in [-0.3, -0.25) is 4.79 Å². The monoisotopic (exact) mass is 412 g/mol. The summed E-state index contributed by atoms with van der Waals surface area (Å²) in [5, 5.41) is 2.90. The maximum Gasteiger partial charge on any atom is 0.244 e. The minimum absolute atomic E-state index is 0. The second-order valence-electron chi connectivity index (χ2n) is 5.64. The molecule has 0 saturated heterocycles. The topological polar surface area (TPSA) is 64.3 Å². The Balaban J connectivity index is 0.00000288. The summed E-state index contributed by atoms with van der Waals surface area (Å²) < 4.78 is 6.03. The van der Waals surface area contributed by atoms with Crippen molar-refractivity contribution in [2.24, 2.45) is 5.73 Å². The fraction of sp³-hybridized carbons (Fsp3) is 0.278. The van der Waals surface area contributed by atoms with E-state index in [1.165, 1.54) is 0 Å². The van der Waals surface area contributed by atoms with Gasteiger partial charge in [-0.25, -0.2) is 0 Å². The minimum Gasteiger partial charge on any atom is -0.380 e. The molecular weight excluding hydrogens is 392 g/mol. The molecule has 1 unspecified atom stereocenters. The highest BCUT2D eigenvalue weighted by Crippen LogP contribution is 2.20. The standard InChI is InChI=1S/C18H21BrN2O2.ClH/c1-18(20,15-7-9-16(19)10-8-15)17(22)21-11-13-3-5-14(6-4-13)12-23-2;/h3-10H,11-12,20H2,1-2H3,(H,21,22);1H. The van der Waals surface area contributed by atoms with Gasteiger partial charge in [-0.1, -0.05) is 52.3 Å². The van der Waals surface area contributed by atoms with Gasteiger partial charge in [0, 0.05) is 18.1 Å². The molecule has 0 radical (unpaired) electrons. The third kappa shape index (κ3) is 5.31. The van der Waals surface area contributed by atoms with Gasteiger partial charge >= 0.3 is 0 Å². The van der Waals surface area contributed by atoms with Crippen molar-refractivity contribution in [2.75, 3.05) is 7.11 Å². The van der Waals surface area contributed by atoms with Crippen LogP contribution in [0.15, 0.2) is 53.0 Å². The number of hydrogen-bond donors (Lipinski definition) is 2. The van der Waals surface area contributed by atoms with Crippen LogP contribution in [0.5, 0.6) is 0 Å². The molecule has 4 nitrogen and oxygen atoms in total. The fourth-order valence-corrected chi connectivity index (χ4v) is 2.48. The molecule has 0 fully saturated rings. The average Bonchev–Trinajstić information content (AvgIpc) is 2.54. The first kappa shape index (κ1) is 20.6. The number of nitrogens with one attached hydrogen (secondary N) is 1. The Morgan fingerprint density at radius 2 is 1.67 bits per heavy atom. The van der Waals surface area contributed by atoms with Gasteiger partial charge in [-0.05, 0) is 35.7 Å². The quantitative estimate of drug-likeness (QED) is 0.762. The number of hydrogen-bond acceptors (Lipinski definition) is 3. The van der Waals surface area contributed by atoms with Crippen molar-refractivity contribution in [3.8, 4) is 0 Å². The molecule has 0 aliphatic rings. The summed E-state index contributed by atoms with van der Waals surface area (Å²) in [6.45, 7) is 2.74. The lowest BCUT2D eigenvalue weighted by atomic mass is 9.92. The van der Waals surface area contributed by atoms with Crippen molar-refractivity contribution in [2.45, 2.75) is 25.6 Å². The number of ether oxygens (including phenoxy) is 1. The van der Waals surface area contributed by atoms with Crippen LogP contribution in [-0.2, 0) is 28.2 Å². The molecule has 0 heterocycles. The van der Waals surface area contributed by atoms with Crippen LogP contribution in [0.25, 0.3) is 0 Å². The van der Waals surface area contributed by atoms with Crippen LogP contribution < -0.4 is 11.1 Å². The molecule has 0 aromatic heterocycles. The van der Waals surface area contributed by atoms with Crippen LogP contribution in [-0.4, -0.2) is 13.0 Å². The molecule has 24 heavy (non-hydrogen) atoms. The van der Waals surface area contributed by atoms with E-state index >= 15 is 0 Å². The van der Waals surface area contributed by atoms with Crippen LogP contribution >= 0.6 is 28.3 Å². The Kier molecular flexibility index (Phi) is 7.90. The van der Waals surface area contributed by atoms with Gasteiger partial charge in [0.15, 0.2) is 0 Å². The molecule has 0 bridgehead atoms. The highest BCUT2D eigenvalue weighted by molar-refractivity contribution is 9.10. The molecule has 2 rings (SSSR count). The van der Waals surface area contributed by atoms with Crippen molar-refractivity contribution in [3.63, 3.8) is 0 Å². The van der Waals surface area contributed by atoms with Crippen LogP contribution in [0.3, 0.4) is 0 Å². The molecular formula is C18H22BrClN2O2. The van der Waals surface area contributed by atoms with Crippen molar-refractivity contribution in [1.29, 1.82) is 0 Å². The molecule has 3 N–H and O–H groups in total. The van der Waals surface area contributed by atoms with Gasteiger partial charge in [0.05, 0.1) is 6.61 Å². The molecule has 1 amide bonds. The Morgan fingerprint density at radius 3 is 2.21 bits per heavy atom. The maximum atomic E-state index is 12.4. The van der Waals surface area contributed by atoms with Gasteiger partial charge in [-0.2, -0.15) is 0 Å². The predicted octanol–water partition coefficient (Wildman–Crippen LogP) is 3.51. The van der Waals surface area contributed by atoms with E-state index in [2.05, 4.69) is 21.2 Å². The molecule has 6 heteroatoms. The summed E-state index contributed by atoms with van der Waals surface area (Å²) in [7, 11) is 1.67. The fourth-order valence-electron chi connectivity index (χ4n) is 2.21. The van der Waals surface area contributed by atoms with E-state index in [1.807, 2.05) is 48.5 Å². The van der Waals surface area contributed by atoms with E-state index in [4.69, 9.17) is 10.5 Å². The zero-order valence-electron chi connectivity index (χ0n) is 13.7. The molecule has 0 spiro atoms. The first-order valence-electron chi connectivity index (χ1n) is 7.33. The van der Waals surface area contributed by atoms with E-state index in [0.29, 0.717) is 13.2 Å². The predicted molar refractivity (Wildman–Crippen MR) is 102 cm³/mol. The maximum absolute atomic E-state index is 12.4. The molecule has 2 aromatic rings. The van der Waals surface area contributed by atoms with E-state index in [1.54, 1.807) is 14.0 Å². The first-order chi connectivity index (χ1) is 10.9. The Hall–Kier alpha value is -1.40. The number of carbonyl (C=O) groups excluding carboxylic acids is 1. The van der Waals surface area contributed by atoms with Crippen LogP contribution in [0.2, 0.25) is 0 Å². The Morgan fingerprint density at radius 1 is 1.12 bits per heavy atom. The summed E-state index contributed by atoms with van der Waals surface area (Å²) in [5.41, 5.74) is 8.03. The van der Waals surface area contributed by atoms with E-state index in [-0.39, 0.29) is 18.3 Å². The molecule has 0 saturated carbocycles. The summed E-state index contributed by atoms with van der Waals surface area (Å²) in [6, 6.07) is 15.4. The van der Waals surface area contributed by atoms with Crippen LogP contribution in [0, 0.1) is 0 Å². The zero-order chi connectivity index (χ0) is 16.9. The van der Waals surface area contributed by atoms with Gasteiger partial charge < -0.3 is 15.8 Å². The molecule has 0 aliphatic carbocycles. The summed E-state index contributed by atoms with van der Waals surface area (Å²) in [4.78, 5) is 12.4. The van der Waals surface area contributed by atoms with Crippen molar-refractivity contribution < 1.29 is 9.53 Å². The summed E-state index contributed by atoms with van der Waals surface area (Å²) >= 11 is 3.38. The first-order valence-corrected chi connectivity index (χ1v) is 8.13. The smallest absolute Gasteiger partial charge is 0.244 e. The van der Waals surface area contributed by atoms with Gasteiger partial charge in [0.1, 0.15) is 5.54 Å². The summed E-state index contributed by atoms with van der Waals surface area (Å²) in [6.07, 6.45) is 0. The number of methoxy groups -OCH3 is 1. The minimum atomic E-state index is -1.07. The summed E-state index contributed by atoms with van der Waals surface area (Å²) in [5.74, 6) is -0.208. The van der Waals surface area contributed by atoms with Gasteiger partial charge in [0.25, 0.3) is 0 Å². The van der Waals surface area contributed by atoms with Crippen molar-refractivity contribution >= 4 is 34.2 Å². The zero-order valence-corrected chi connectivity index (χ0v) is 16.1. The lowest BCUT2D eigenvalue weighted by Crippen LogP contribution is -2.48. The van der Waals surface area contributed by atoms with E-state index < -0.39 is 5.54 Å². The number of amides is 1. The van der Waals surface area contributed by atoms with Crippen LogP contribution in [0.1, 0.15) is 23.6 Å². The Bertz CT molecular complexity index is 658. The SMILES string of the molecule is COCc1ccc(CNC(=O)C(C)(N)c2ccc(Br)cc2)cc1.Cl. The number of benzene rings is 2. The average molecular weight is 414 g/mol. The molecule has 0 aliphatic heterocycles. The number of nitrogens with two attached hydrogens (primary N) is 1. The number of rotatable bonds is 6. The third-order valence-corrected chi connectivity index (χ3v) is 4.23. The molecule has 1 atom stereocenters. The second kappa shape index (κ2) is 9.18. The lowest BCUT2D eigenvalue weighted by Gasteiger charge is -2.24. The van der Waals surface area contributed by atoms with E-state index in [0.717, 1.165) is 21.2 Å². The van der Waals surface area contributed by atoms with E-state index in [9.17, 15) is 4.79 Å². The lowest BCUT2D eigenvalue weighted by molar-refractivity contribution is -0.126. The molecule has 2 aromatic carbocycles. The van der Waals surface area contributed by atoms with Crippen molar-refractivity contribution in [3.05, 3.63) is 69.7 Å². The normalized spacial score (nSPS) is 12.8. The van der Waals surface area contributed by atoms with Crippen molar-refractivity contribution in [1.82, 2.24) is 5.32 Å². The molecule has 130 valence electrons. The largest absolute Gasteiger partial charge is 0.380 e.